The summed E-state index contributed by atoms with van der Waals surface area (Å²) in [5.41, 5.74) is -0.920. The maximum atomic E-state index is 13.0. The van der Waals surface area contributed by atoms with Crippen LogP contribution in [0.5, 0.6) is 0 Å². The van der Waals surface area contributed by atoms with Crippen LogP contribution in [-0.4, -0.2) is 28.9 Å². The lowest BCUT2D eigenvalue weighted by atomic mass is 10.0. The Morgan fingerprint density at radius 1 is 1.40 bits per heavy atom. The van der Waals surface area contributed by atoms with E-state index in [-0.39, 0.29) is 18.2 Å². The lowest BCUT2D eigenvalue weighted by molar-refractivity contribution is -0.119. The Kier molecular flexibility index (Phi) is 6.42. The third-order valence-electron chi connectivity index (χ3n) is 2.72. The average Bonchev–Trinajstić information content (AvgIpc) is 2.38. The van der Waals surface area contributed by atoms with Gasteiger partial charge in [0, 0.05) is 11.4 Å². The van der Waals surface area contributed by atoms with Gasteiger partial charge < -0.3 is 10.4 Å². The Bertz CT molecular complexity index is 466. The van der Waals surface area contributed by atoms with E-state index in [1.54, 1.807) is 6.92 Å². The van der Waals surface area contributed by atoms with E-state index in [2.05, 4.69) is 5.32 Å². The van der Waals surface area contributed by atoms with Crippen LogP contribution < -0.4 is 5.32 Å². The molecule has 1 aromatic rings. The third-order valence-corrected chi connectivity index (χ3v) is 3.71. The van der Waals surface area contributed by atoms with Crippen LogP contribution in [0.1, 0.15) is 26.7 Å². The summed E-state index contributed by atoms with van der Waals surface area (Å²) in [6.07, 6.45) is 1.43. The molecule has 1 aromatic carbocycles. The summed E-state index contributed by atoms with van der Waals surface area (Å²) in [5.74, 6) is -2.00. The average molecular weight is 303 g/mol. The van der Waals surface area contributed by atoms with Crippen LogP contribution in [0, 0.1) is 11.6 Å². The van der Waals surface area contributed by atoms with Crippen LogP contribution in [0.4, 0.5) is 8.78 Å². The Labute approximate surface area is 121 Å². The fraction of sp³-hybridized carbons (Fsp3) is 0.500. The number of hydrogen-bond donors (Lipinski definition) is 2. The zero-order chi connectivity index (χ0) is 15.2. The fourth-order valence-electron chi connectivity index (χ4n) is 1.68. The van der Waals surface area contributed by atoms with Crippen molar-refractivity contribution in [1.82, 2.24) is 5.32 Å². The minimum absolute atomic E-state index is 0.0906. The summed E-state index contributed by atoms with van der Waals surface area (Å²) in [7, 11) is 0. The van der Waals surface area contributed by atoms with Crippen molar-refractivity contribution in [1.29, 1.82) is 0 Å². The molecule has 3 nitrogen and oxygen atoms in total. The van der Waals surface area contributed by atoms with Crippen molar-refractivity contribution in [2.45, 2.75) is 37.2 Å². The Hall–Kier alpha value is -1.14. The minimum Gasteiger partial charge on any atom is -0.388 e. The predicted molar refractivity (Wildman–Crippen MR) is 75.6 cm³/mol. The van der Waals surface area contributed by atoms with E-state index >= 15 is 0 Å². The number of aliphatic hydroxyl groups is 1. The van der Waals surface area contributed by atoms with E-state index in [4.69, 9.17) is 0 Å². The molecule has 0 fully saturated rings. The molecule has 6 heteroatoms. The van der Waals surface area contributed by atoms with E-state index in [0.29, 0.717) is 11.3 Å². The molecule has 0 radical (unpaired) electrons. The summed E-state index contributed by atoms with van der Waals surface area (Å²) in [5, 5.41) is 12.5. The second kappa shape index (κ2) is 7.59. The minimum atomic E-state index is -0.929. The van der Waals surface area contributed by atoms with Crippen LogP contribution in [0.15, 0.2) is 23.1 Å². The van der Waals surface area contributed by atoms with Crippen LogP contribution in [0.2, 0.25) is 0 Å². The van der Waals surface area contributed by atoms with Crippen LogP contribution in [0.3, 0.4) is 0 Å². The molecule has 112 valence electrons. The van der Waals surface area contributed by atoms with Gasteiger partial charge in [0.25, 0.3) is 0 Å². The number of nitrogens with one attached hydrogen (secondary N) is 1. The molecule has 1 rings (SSSR count). The largest absolute Gasteiger partial charge is 0.388 e. The van der Waals surface area contributed by atoms with Gasteiger partial charge in [0.2, 0.25) is 5.91 Å². The van der Waals surface area contributed by atoms with Gasteiger partial charge >= 0.3 is 0 Å². The van der Waals surface area contributed by atoms with Gasteiger partial charge in [0.1, 0.15) is 0 Å². The predicted octanol–water partition coefficient (Wildman–Crippen LogP) is 2.72. The first kappa shape index (κ1) is 16.9. The van der Waals surface area contributed by atoms with Crippen molar-refractivity contribution in [2.75, 3.05) is 12.3 Å². The normalized spacial score (nSPS) is 13.8. The third kappa shape index (κ3) is 5.88. The Morgan fingerprint density at radius 2 is 2.10 bits per heavy atom. The monoisotopic (exact) mass is 303 g/mol. The number of amides is 1. The first-order chi connectivity index (χ1) is 9.34. The molecule has 0 saturated carbocycles. The number of rotatable bonds is 7. The van der Waals surface area contributed by atoms with Gasteiger partial charge in [-0.2, -0.15) is 0 Å². The first-order valence-corrected chi connectivity index (χ1v) is 7.39. The standard InChI is InChI=1S/C14H19F2NO2S/c1-3-6-14(2,19)9-17-13(18)8-20-10-4-5-11(15)12(16)7-10/h4-5,7,19H,3,6,8-9H2,1-2H3,(H,17,18). The van der Waals surface area contributed by atoms with E-state index < -0.39 is 17.2 Å². The van der Waals surface area contributed by atoms with Crippen molar-refractivity contribution in [3.8, 4) is 0 Å². The number of thioether (sulfide) groups is 1. The van der Waals surface area contributed by atoms with Crippen molar-refractivity contribution in [3.63, 3.8) is 0 Å². The van der Waals surface area contributed by atoms with Gasteiger partial charge in [0.15, 0.2) is 11.6 Å². The zero-order valence-corrected chi connectivity index (χ0v) is 12.4. The highest BCUT2D eigenvalue weighted by molar-refractivity contribution is 8.00. The summed E-state index contributed by atoms with van der Waals surface area (Å²) in [4.78, 5) is 12.1. The lowest BCUT2D eigenvalue weighted by Gasteiger charge is -2.22. The van der Waals surface area contributed by atoms with Crippen molar-refractivity contribution >= 4 is 17.7 Å². The van der Waals surface area contributed by atoms with Gasteiger partial charge in [0.05, 0.1) is 11.4 Å². The van der Waals surface area contributed by atoms with Gasteiger partial charge in [-0.15, -0.1) is 11.8 Å². The van der Waals surface area contributed by atoms with Crippen molar-refractivity contribution < 1.29 is 18.7 Å². The molecule has 0 bridgehead atoms. The van der Waals surface area contributed by atoms with Crippen LogP contribution in [0.25, 0.3) is 0 Å². The molecule has 1 unspecified atom stereocenters. The van der Waals surface area contributed by atoms with Crippen LogP contribution >= 0.6 is 11.8 Å². The quantitative estimate of drug-likeness (QED) is 0.762. The number of benzene rings is 1. The molecule has 0 aliphatic carbocycles. The van der Waals surface area contributed by atoms with Gasteiger partial charge in [-0.05, 0) is 31.5 Å². The topological polar surface area (TPSA) is 49.3 Å². The van der Waals surface area contributed by atoms with Gasteiger partial charge in [-0.3, -0.25) is 4.79 Å². The molecule has 1 amide bonds. The first-order valence-electron chi connectivity index (χ1n) is 6.41. The molecule has 0 aliphatic heterocycles. The highest BCUT2D eigenvalue weighted by atomic mass is 32.2. The van der Waals surface area contributed by atoms with Crippen molar-refractivity contribution in [3.05, 3.63) is 29.8 Å². The molecule has 1 atom stereocenters. The molecule has 0 saturated heterocycles. The summed E-state index contributed by atoms with van der Waals surface area (Å²) in [6, 6.07) is 3.51. The highest BCUT2D eigenvalue weighted by Crippen LogP contribution is 2.20. The second-order valence-electron chi connectivity index (χ2n) is 4.89. The van der Waals surface area contributed by atoms with Crippen LogP contribution in [-0.2, 0) is 4.79 Å². The van der Waals surface area contributed by atoms with Gasteiger partial charge in [-0.1, -0.05) is 13.3 Å². The lowest BCUT2D eigenvalue weighted by Crippen LogP contribution is -2.41. The summed E-state index contributed by atoms with van der Waals surface area (Å²) < 4.78 is 25.7. The van der Waals surface area contributed by atoms with E-state index in [9.17, 15) is 18.7 Å². The molecule has 0 aromatic heterocycles. The molecule has 20 heavy (non-hydrogen) atoms. The van der Waals surface area contributed by atoms with E-state index in [1.807, 2.05) is 6.92 Å². The molecular formula is C14H19F2NO2S. The number of hydrogen-bond acceptors (Lipinski definition) is 3. The number of carbonyl (C=O) groups excluding carboxylic acids is 1. The smallest absolute Gasteiger partial charge is 0.230 e. The summed E-state index contributed by atoms with van der Waals surface area (Å²) in [6.45, 7) is 3.80. The molecule has 0 heterocycles. The maximum Gasteiger partial charge on any atom is 0.230 e. The molecule has 2 N–H and O–H groups in total. The summed E-state index contributed by atoms with van der Waals surface area (Å²) >= 11 is 1.11. The number of halogens is 2. The van der Waals surface area contributed by atoms with Crippen molar-refractivity contribution in [2.24, 2.45) is 0 Å². The number of carbonyl (C=O) groups is 1. The maximum absolute atomic E-state index is 13.0. The Morgan fingerprint density at radius 3 is 2.70 bits per heavy atom. The highest BCUT2D eigenvalue weighted by Gasteiger charge is 2.19. The molecule has 0 aliphatic rings. The second-order valence-corrected chi connectivity index (χ2v) is 5.94. The fourth-order valence-corrected chi connectivity index (χ4v) is 2.43. The van der Waals surface area contributed by atoms with E-state index in [0.717, 1.165) is 30.3 Å². The zero-order valence-electron chi connectivity index (χ0n) is 11.6. The molecular weight excluding hydrogens is 284 g/mol. The van der Waals surface area contributed by atoms with E-state index in [1.165, 1.54) is 6.07 Å². The molecule has 0 spiro atoms. The Balaban J connectivity index is 2.38. The SMILES string of the molecule is CCCC(C)(O)CNC(=O)CSc1ccc(F)c(F)c1. The van der Waals surface area contributed by atoms with Gasteiger partial charge in [-0.25, -0.2) is 8.78 Å².